The summed E-state index contributed by atoms with van der Waals surface area (Å²) in [6.45, 7) is 0. The average Bonchev–Trinajstić information content (AvgIpc) is 2.32. The van der Waals surface area contributed by atoms with Gasteiger partial charge in [0.1, 0.15) is 6.33 Å². The number of halogens is 1. The quantitative estimate of drug-likeness (QED) is 0.854. The van der Waals surface area contributed by atoms with E-state index in [-0.39, 0.29) is 18.0 Å². The van der Waals surface area contributed by atoms with E-state index >= 15 is 0 Å². The van der Waals surface area contributed by atoms with E-state index in [1.165, 1.54) is 12.5 Å². The Kier molecular flexibility index (Phi) is 3.66. The molecule has 0 bridgehead atoms. The molecule has 0 aromatic carbocycles. The number of nitrogens with zero attached hydrogens (tertiary/aromatic N) is 2. The first-order valence-electron chi connectivity index (χ1n) is 5.54. The van der Waals surface area contributed by atoms with Crippen LogP contribution in [0.15, 0.2) is 12.5 Å². The van der Waals surface area contributed by atoms with E-state index in [1.54, 1.807) is 7.11 Å². The zero-order chi connectivity index (χ0) is 11.4. The molecule has 1 unspecified atom stereocenters. The van der Waals surface area contributed by atoms with Gasteiger partial charge in [-0.1, -0.05) is 0 Å². The van der Waals surface area contributed by atoms with Crippen molar-refractivity contribution in [2.45, 2.75) is 37.8 Å². The molecule has 1 N–H and O–H groups in total. The second-order valence-corrected chi connectivity index (χ2v) is 4.08. The minimum absolute atomic E-state index is 0.239. The SMILES string of the molecule is COC1CCC[C@H](Nc2ncncc2F)C1. The molecular weight excluding hydrogens is 209 g/mol. The third-order valence-electron chi connectivity index (χ3n) is 2.97. The third-order valence-corrected chi connectivity index (χ3v) is 2.97. The summed E-state index contributed by atoms with van der Waals surface area (Å²) in [7, 11) is 1.72. The first-order chi connectivity index (χ1) is 7.79. The molecule has 0 spiro atoms. The first kappa shape index (κ1) is 11.3. The Morgan fingerprint density at radius 2 is 2.38 bits per heavy atom. The summed E-state index contributed by atoms with van der Waals surface area (Å²) in [6, 6.07) is 0.239. The van der Waals surface area contributed by atoms with Crippen LogP contribution >= 0.6 is 0 Å². The maximum absolute atomic E-state index is 13.3. The number of nitrogens with one attached hydrogen (secondary N) is 1. The van der Waals surface area contributed by atoms with E-state index in [4.69, 9.17) is 4.74 Å². The zero-order valence-corrected chi connectivity index (χ0v) is 9.32. The fourth-order valence-corrected chi connectivity index (χ4v) is 2.10. The topological polar surface area (TPSA) is 47.0 Å². The molecule has 4 nitrogen and oxygen atoms in total. The van der Waals surface area contributed by atoms with Gasteiger partial charge >= 0.3 is 0 Å². The van der Waals surface area contributed by atoms with Crippen LogP contribution in [0.4, 0.5) is 10.2 Å². The molecule has 0 amide bonds. The van der Waals surface area contributed by atoms with Gasteiger partial charge in [-0.2, -0.15) is 0 Å². The third kappa shape index (κ3) is 2.66. The fourth-order valence-electron chi connectivity index (χ4n) is 2.10. The Hall–Kier alpha value is -1.23. The van der Waals surface area contributed by atoms with E-state index in [9.17, 15) is 4.39 Å². The van der Waals surface area contributed by atoms with Crippen molar-refractivity contribution in [2.24, 2.45) is 0 Å². The van der Waals surface area contributed by atoms with Crippen LogP contribution in [0.1, 0.15) is 25.7 Å². The molecule has 16 heavy (non-hydrogen) atoms. The zero-order valence-electron chi connectivity index (χ0n) is 9.32. The summed E-state index contributed by atoms with van der Waals surface area (Å²) in [6.07, 6.45) is 6.91. The Labute approximate surface area is 94.2 Å². The van der Waals surface area contributed by atoms with Gasteiger partial charge in [0.05, 0.1) is 12.3 Å². The highest BCUT2D eigenvalue weighted by Gasteiger charge is 2.22. The van der Waals surface area contributed by atoms with Crippen molar-refractivity contribution in [3.8, 4) is 0 Å². The Bertz CT molecular complexity index is 348. The van der Waals surface area contributed by atoms with Crippen LogP contribution in [0, 0.1) is 5.82 Å². The number of aromatic nitrogens is 2. The van der Waals surface area contributed by atoms with Gasteiger partial charge in [0, 0.05) is 13.2 Å². The van der Waals surface area contributed by atoms with E-state index in [2.05, 4.69) is 15.3 Å². The van der Waals surface area contributed by atoms with Gasteiger partial charge in [-0.25, -0.2) is 14.4 Å². The predicted molar refractivity (Wildman–Crippen MR) is 58.7 cm³/mol. The Balaban J connectivity index is 1.97. The fraction of sp³-hybridized carbons (Fsp3) is 0.636. The second-order valence-electron chi connectivity index (χ2n) is 4.08. The second kappa shape index (κ2) is 5.21. The lowest BCUT2D eigenvalue weighted by Crippen LogP contribution is -2.31. The lowest BCUT2D eigenvalue weighted by Gasteiger charge is -2.29. The number of hydrogen-bond donors (Lipinski definition) is 1. The monoisotopic (exact) mass is 225 g/mol. The highest BCUT2D eigenvalue weighted by Crippen LogP contribution is 2.23. The first-order valence-corrected chi connectivity index (χ1v) is 5.54. The molecule has 1 aliphatic carbocycles. The minimum atomic E-state index is -0.401. The van der Waals surface area contributed by atoms with Gasteiger partial charge in [0.25, 0.3) is 0 Å². The van der Waals surface area contributed by atoms with Gasteiger partial charge in [0.15, 0.2) is 11.6 Å². The van der Waals surface area contributed by atoms with E-state index in [1.807, 2.05) is 0 Å². The molecule has 1 heterocycles. The van der Waals surface area contributed by atoms with Gasteiger partial charge in [-0.15, -0.1) is 0 Å². The summed E-state index contributed by atoms with van der Waals surface area (Å²) in [4.78, 5) is 7.50. The summed E-state index contributed by atoms with van der Waals surface area (Å²) in [5.74, 6) is -0.112. The van der Waals surface area contributed by atoms with Crippen LogP contribution < -0.4 is 5.32 Å². The van der Waals surface area contributed by atoms with Crippen LogP contribution in [0.5, 0.6) is 0 Å². The molecule has 0 radical (unpaired) electrons. The van der Waals surface area contributed by atoms with Gasteiger partial charge in [-0.3, -0.25) is 0 Å². The number of anilines is 1. The molecule has 1 aromatic heterocycles. The van der Waals surface area contributed by atoms with Gasteiger partial charge in [0.2, 0.25) is 0 Å². The van der Waals surface area contributed by atoms with Crippen molar-refractivity contribution in [3.63, 3.8) is 0 Å². The number of methoxy groups -OCH3 is 1. The lowest BCUT2D eigenvalue weighted by atomic mass is 9.93. The van der Waals surface area contributed by atoms with E-state index < -0.39 is 5.82 Å². The number of hydrogen-bond acceptors (Lipinski definition) is 4. The van der Waals surface area contributed by atoms with Gasteiger partial charge < -0.3 is 10.1 Å². The smallest absolute Gasteiger partial charge is 0.183 e. The minimum Gasteiger partial charge on any atom is -0.381 e. The van der Waals surface area contributed by atoms with Crippen molar-refractivity contribution in [3.05, 3.63) is 18.3 Å². The summed E-state index contributed by atoms with van der Waals surface area (Å²) < 4.78 is 18.6. The van der Waals surface area contributed by atoms with Gasteiger partial charge in [-0.05, 0) is 25.7 Å². The molecule has 1 saturated carbocycles. The maximum Gasteiger partial charge on any atom is 0.183 e. The number of ether oxygens (including phenoxy) is 1. The average molecular weight is 225 g/mol. The molecule has 88 valence electrons. The molecule has 1 aliphatic rings. The summed E-state index contributed by atoms with van der Waals surface area (Å²) in [5.41, 5.74) is 0. The molecular formula is C11H16FN3O. The van der Waals surface area contributed by atoms with E-state index in [0.29, 0.717) is 0 Å². The number of rotatable bonds is 3. The van der Waals surface area contributed by atoms with Crippen LogP contribution in [0.25, 0.3) is 0 Å². The molecule has 0 saturated heterocycles. The van der Waals surface area contributed by atoms with Crippen molar-refractivity contribution in [1.29, 1.82) is 0 Å². The molecule has 2 atom stereocenters. The van der Waals surface area contributed by atoms with Crippen molar-refractivity contribution in [2.75, 3.05) is 12.4 Å². The molecule has 1 aromatic rings. The molecule has 2 rings (SSSR count). The van der Waals surface area contributed by atoms with Crippen LogP contribution in [-0.2, 0) is 4.74 Å². The van der Waals surface area contributed by atoms with Crippen molar-refractivity contribution < 1.29 is 9.13 Å². The normalized spacial score (nSPS) is 25.4. The molecule has 0 aliphatic heterocycles. The predicted octanol–water partition coefficient (Wildman–Crippen LogP) is 1.99. The standard InChI is InChI=1S/C11H16FN3O/c1-16-9-4-2-3-8(5-9)15-11-10(12)6-13-7-14-11/h6-9H,2-5H2,1H3,(H,13,14,15)/t8-,9?/m0/s1. The Morgan fingerprint density at radius 3 is 3.12 bits per heavy atom. The molecule has 1 fully saturated rings. The highest BCUT2D eigenvalue weighted by atomic mass is 19.1. The summed E-state index contributed by atoms with van der Waals surface area (Å²) >= 11 is 0. The van der Waals surface area contributed by atoms with Crippen molar-refractivity contribution >= 4 is 5.82 Å². The van der Waals surface area contributed by atoms with Crippen molar-refractivity contribution in [1.82, 2.24) is 9.97 Å². The summed E-state index contributed by atoms with van der Waals surface area (Å²) in [5, 5.41) is 3.11. The lowest BCUT2D eigenvalue weighted by molar-refractivity contribution is 0.0668. The highest BCUT2D eigenvalue weighted by molar-refractivity contribution is 5.35. The van der Waals surface area contributed by atoms with Crippen LogP contribution in [0.2, 0.25) is 0 Å². The Morgan fingerprint density at radius 1 is 1.50 bits per heavy atom. The molecule has 5 heteroatoms. The largest absolute Gasteiger partial charge is 0.381 e. The maximum atomic E-state index is 13.3. The van der Waals surface area contributed by atoms with E-state index in [0.717, 1.165) is 25.7 Å². The van der Waals surface area contributed by atoms with Crippen LogP contribution in [-0.4, -0.2) is 29.2 Å². The van der Waals surface area contributed by atoms with Crippen LogP contribution in [0.3, 0.4) is 0 Å².